The van der Waals surface area contributed by atoms with Crippen molar-refractivity contribution in [2.24, 2.45) is 0 Å². The first-order valence-electron chi connectivity index (χ1n) is 10.5. The van der Waals surface area contributed by atoms with Crippen LogP contribution in [0.3, 0.4) is 0 Å². The van der Waals surface area contributed by atoms with Crippen molar-refractivity contribution in [3.8, 4) is 11.5 Å². The molecule has 0 unspecified atom stereocenters. The second-order valence-corrected chi connectivity index (χ2v) is 7.17. The highest BCUT2D eigenvalue weighted by molar-refractivity contribution is 5.88. The highest BCUT2D eigenvalue weighted by atomic mass is 16.5. The first-order chi connectivity index (χ1) is 16.2. The van der Waals surface area contributed by atoms with Crippen LogP contribution in [0.4, 0.5) is 23.1 Å². The molecule has 4 rings (SSSR count). The van der Waals surface area contributed by atoms with Crippen molar-refractivity contribution in [1.29, 1.82) is 0 Å². The van der Waals surface area contributed by atoms with Crippen molar-refractivity contribution >= 4 is 34.2 Å². The minimum Gasteiger partial charge on any atom is -0.493 e. The summed E-state index contributed by atoms with van der Waals surface area (Å²) in [4.78, 5) is 13.7. The maximum Gasteiger partial charge on any atom is 0.225 e. The average Bonchev–Trinajstić information content (AvgIpc) is 2.86. The number of pyridine rings is 1. The lowest BCUT2D eigenvalue weighted by Gasteiger charge is -2.13. The normalized spacial score (nSPS) is 10.6. The number of nitrogens with one attached hydrogen (secondary N) is 3. The quantitative estimate of drug-likeness (QED) is 0.289. The summed E-state index contributed by atoms with van der Waals surface area (Å²) in [5, 5.41) is 18.9. The number of aliphatic hydroxyl groups is 1. The molecule has 0 aliphatic carbocycles. The Balaban J connectivity index is 1.63. The number of fused-ring (bicyclic) bond motifs is 1. The lowest BCUT2D eigenvalue weighted by Crippen LogP contribution is -2.11. The number of hydrogen-bond donors (Lipinski definition) is 4. The van der Waals surface area contributed by atoms with Gasteiger partial charge in [-0.3, -0.25) is 0 Å². The zero-order valence-corrected chi connectivity index (χ0v) is 18.5. The largest absolute Gasteiger partial charge is 0.493 e. The molecule has 0 saturated heterocycles. The summed E-state index contributed by atoms with van der Waals surface area (Å²) < 4.78 is 10.7. The lowest BCUT2D eigenvalue weighted by atomic mass is 10.2. The highest BCUT2D eigenvalue weighted by Crippen LogP contribution is 2.32. The molecule has 9 heteroatoms. The third-order valence-electron chi connectivity index (χ3n) is 4.91. The van der Waals surface area contributed by atoms with Gasteiger partial charge in [0.15, 0.2) is 17.3 Å². The van der Waals surface area contributed by atoms with E-state index in [9.17, 15) is 5.11 Å². The van der Waals surface area contributed by atoms with E-state index in [1.54, 1.807) is 20.4 Å². The van der Waals surface area contributed by atoms with Crippen LogP contribution in [0.5, 0.6) is 11.5 Å². The summed E-state index contributed by atoms with van der Waals surface area (Å²) in [6.45, 7) is 0.924. The summed E-state index contributed by atoms with van der Waals surface area (Å²) in [6.07, 6.45) is 1.73. The Morgan fingerprint density at radius 1 is 0.879 bits per heavy atom. The molecule has 0 spiro atoms. The van der Waals surface area contributed by atoms with Gasteiger partial charge in [0.1, 0.15) is 5.52 Å². The van der Waals surface area contributed by atoms with E-state index in [0.717, 1.165) is 16.9 Å². The van der Waals surface area contributed by atoms with Crippen molar-refractivity contribution in [3.63, 3.8) is 0 Å². The van der Waals surface area contributed by atoms with Crippen LogP contribution in [-0.4, -0.2) is 47.4 Å². The van der Waals surface area contributed by atoms with E-state index in [2.05, 4.69) is 30.9 Å². The second-order valence-electron chi connectivity index (χ2n) is 7.17. The Morgan fingerprint density at radius 2 is 1.70 bits per heavy atom. The van der Waals surface area contributed by atoms with Gasteiger partial charge in [-0.15, -0.1) is 0 Å². The van der Waals surface area contributed by atoms with Gasteiger partial charge in [0.2, 0.25) is 5.95 Å². The van der Waals surface area contributed by atoms with E-state index in [4.69, 9.17) is 9.47 Å². The number of nitrogens with zero attached hydrogens (tertiary/aromatic N) is 3. The zero-order chi connectivity index (χ0) is 23.0. The van der Waals surface area contributed by atoms with Crippen LogP contribution in [0.1, 0.15) is 5.56 Å². The van der Waals surface area contributed by atoms with Crippen LogP contribution >= 0.6 is 0 Å². The van der Waals surface area contributed by atoms with Crippen molar-refractivity contribution in [3.05, 3.63) is 66.4 Å². The molecule has 0 fully saturated rings. The fourth-order valence-electron chi connectivity index (χ4n) is 3.32. The van der Waals surface area contributed by atoms with Gasteiger partial charge in [-0.1, -0.05) is 30.3 Å². The Labute approximate surface area is 191 Å². The molecule has 4 aromatic rings. The van der Waals surface area contributed by atoms with Crippen molar-refractivity contribution in [1.82, 2.24) is 15.0 Å². The van der Waals surface area contributed by atoms with Crippen LogP contribution in [0.15, 0.2) is 60.8 Å². The number of aromatic nitrogens is 3. The van der Waals surface area contributed by atoms with Gasteiger partial charge in [0.25, 0.3) is 0 Å². The molecule has 0 atom stereocenters. The molecule has 9 nitrogen and oxygen atoms in total. The number of hydrogen-bond acceptors (Lipinski definition) is 9. The first-order valence-corrected chi connectivity index (χ1v) is 10.5. The van der Waals surface area contributed by atoms with Gasteiger partial charge >= 0.3 is 0 Å². The Bertz CT molecular complexity index is 1220. The third kappa shape index (κ3) is 5.39. The zero-order valence-electron chi connectivity index (χ0n) is 18.5. The molecule has 0 aliphatic rings. The van der Waals surface area contributed by atoms with Gasteiger partial charge < -0.3 is 30.5 Å². The van der Waals surface area contributed by atoms with E-state index in [1.165, 1.54) is 0 Å². The van der Waals surface area contributed by atoms with Crippen LogP contribution in [0.25, 0.3) is 11.0 Å². The molecule has 2 aromatic heterocycles. The molecule has 0 bridgehead atoms. The fourth-order valence-corrected chi connectivity index (χ4v) is 3.32. The number of rotatable bonds is 10. The number of ether oxygens (including phenoxy) is 2. The van der Waals surface area contributed by atoms with Crippen LogP contribution in [0, 0.1) is 0 Å². The predicted octanol–water partition coefficient (Wildman–Crippen LogP) is 3.80. The number of benzene rings is 2. The minimum absolute atomic E-state index is 0.0205. The van der Waals surface area contributed by atoms with Crippen LogP contribution in [-0.2, 0) is 6.54 Å². The van der Waals surface area contributed by atoms with Crippen molar-refractivity contribution < 1.29 is 14.6 Å². The van der Waals surface area contributed by atoms with E-state index in [1.807, 2.05) is 54.6 Å². The molecule has 4 N–H and O–H groups in total. The molecular weight excluding hydrogens is 420 g/mol. The summed E-state index contributed by atoms with van der Waals surface area (Å²) in [7, 11) is 3.20. The van der Waals surface area contributed by atoms with Gasteiger partial charge in [-0.2, -0.15) is 4.98 Å². The van der Waals surface area contributed by atoms with E-state index < -0.39 is 0 Å². The molecule has 0 radical (unpaired) electrons. The number of methoxy groups -OCH3 is 2. The Hall–Kier alpha value is -4.11. The molecule has 2 heterocycles. The predicted molar refractivity (Wildman–Crippen MR) is 130 cm³/mol. The maximum atomic E-state index is 9.18. The molecule has 170 valence electrons. The fraction of sp³-hybridized carbons (Fsp3) is 0.208. The summed E-state index contributed by atoms with van der Waals surface area (Å²) >= 11 is 0. The summed E-state index contributed by atoms with van der Waals surface area (Å²) in [5.74, 6) is 2.31. The van der Waals surface area contributed by atoms with E-state index >= 15 is 0 Å². The monoisotopic (exact) mass is 446 g/mol. The molecule has 0 saturated carbocycles. The maximum absolute atomic E-state index is 9.18. The van der Waals surface area contributed by atoms with Crippen LogP contribution in [0.2, 0.25) is 0 Å². The van der Waals surface area contributed by atoms with Gasteiger partial charge in [0, 0.05) is 24.8 Å². The topological polar surface area (TPSA) is 113 Å². The number of anilines is 4. The average molecular weight is 447 g/mol. The molecular formula is C24H26N6O3. The van der Waals surface area contributed by atoms with Crippen LogP contribution < -0.4 is 25.4 Å². The second kappa shape index (κ2) is 10.5. The Kier molecular flexibility index (Phi) is 7.01. The van der Waals surface area contributed by atoms with Gasteiger partial charge in [0.05, 0.1) is 38.2 Å². The molecule has 2 aromatic carbocycles. The third-order valence-corrected chi connectivity index (χ3v) is 4.91. The van der Waals surface area contributed by atoms with E-state index in [0.29, 0.717) is 47.4 Å². The lowest BCUT2D eigenvalue weighted by molar-refractivity contribution is 0.311. The standard InChI is InChI=1S/C24H26N6O3/c1-32-20-9-8-17(13-21(20)33-2)28-18-12-19-22(26-15-18)23(30-24(29-19)25-10-11-31)27-14-16-6-4-3-5-7-16/h3-9,12-13,15,28,31H,10-11,14H2,1-2H3,(H2,25,27,29,30). The smallest absolute Gasteiger partial charge is 0.225 e. The van der Waals surface area contributed by atoms with Crippen molar-refractivity contribution in [2.45, 2.75) is 6.54 Å². The molecule has 0 aliphatic heterocycles. The van der Waals surface area contributed by atoms with E-state index in [-0.39, 0.29) is 6.61 Å². The van der Waals surface area contributed by atoms with Crippen molar-refractivity contribution in [2.75, 3.05) is 43.3 Å². The molecule has 0 amide bonds. The highest BCUT2D eigenvalue weighted by Gasteiger charge is 2.11. The first kappa shape index (κ1) is 22.1. The summed E-state index contributed by atoms with van der Waals surface area (Å²) in [5.41, 5.74) is 4.02. The SMILES string of the molecule is COc1ccc(Nc2cnc3c(NCc4ccccc4)nc(NCCO)nc3c2)cc1OC. The van der Waals surface area contributed by atoms with Gasteiger partial charge in [-0.25, -0.2) is 9.97 Å². The number of aliphatic hydroxyl groups excluding tert-OH is 1. The molecule has 33 heavy (non-hydrogen) atoms. The minimum atomic E-state index is -0.0205. The summed E-state index contributed by atoms with van der Waals surface area (Å²) in [6, 6.07) is 17.5. The van der Waals surface area contributed by atoms with Gasteiger partial charge in [-0.05, 0) is 23.8 Å². The Morgan fingerprint density at radius 3 is 2.45 bits per heavy atom.